The summed E-state index contributed by atoms with van der Waals surface area (Å²) in [6, 6.07) is 81.4. The van der Waals surface area contributed by atoms with Gasteiger partial charge in [0.25, 0.3) is 0 Å². The van der Waals surface area contributed by atoms with Gasteiger partial charge in [-0.1, -0.05) is 152 Å². The lowest BCUT2D eigenvalue weighted by Crippen LogP contribution is -1.98. The quantitative estimate of drug-likeness (QED) is 0.167. The molecule has 14 rings (SSSR count). The van der Waals surface area contributed by atoms with Crippen molar-refractivity contribution in [3.63, 3.8) is 0 Å². The third-order valence-corrected chi connectivity index (χ3v) is 13.5. The molecular weight excluding hydrogens is 829 g/mol. The average molecular weight is 867 g/mol. The van der Waals surface area contributed by atoms with Crippen molar-refractivity contribution >= 4 is 76.2 Å². The van der Waals surface area contributed by atoms with Gasteiger partial charge in [0.05, 0.1) is 44.5 Å². The van der Waals surface area contributed by atoms with E-state index in [1.807, 2.05) is 18.2 Å². The van der Waals surface area contributed by atoms with E-state index in [1.54, 1.807) is 0 Å². The minimum atomic E-state index is 0.694. The minimum absolute atomic E-state index is 0.694. The van der Waals surface area contributed by atoms with Crippen molar-refractivity contribution in [1.29, 1.82) is 0 Å². The van der Waals surface area contributed by atoms with Crippen molar-refractivity contribution in [2.24, 2.45) is 0 Å². The van der Waals surface area contributed by atoms with Crippen LogP contribution in [0.3, 0.4) is 0 Å². The molecule has 0 amide bonds. The van der Waals surface area contributed by atoms with Crippen molar-refractivity contribution in [1.82, 2.24) is 29.1 Å². The fourth-order valence-corrected chi connectivity index (χ4v) is 10.4. The Morgan fingerprint density at radius 2 is 0.765 bits per heavy atom. The Morgan fingerprint density at radius 3 is 1.43 bits per heavy atom. The van der Waals surface area contributed by atoms with Crippen LogP contribution in [0.4, 0.5) is 0 Å². The van der Waals surface area contributed by atoms with Crippen molar-refractivity contribution < 1.29 is 0 Å². The highest BCUT2D eigenvalue weighted by molar-refractivity contribution is 6.29. The van der Waals surface area contributed by atoms with E-state index in [-0.39, 0.29) is 0 Å². The van der Waals surface area contributed by atoms with E-state index in [9.17, 15) is 0 Å². The van der Waals surface area contributed by atoms with Gasteiger partial charge in [-0.3, -0.25) is 0 Å². The fourth-order valence-electron chi connectivity index (χ4n) is 10.4. The topological polar surface area (TPSA) is 61.4 Å². The van der Waals surface area contributed by atoms with Gasteiger partial charge in [0.2, 0.25) is 0 Å². The van der Waals surface area contributed by atoms with E-state index in [0.717, 1.165) is 88.9 Å². The molecule has 4 aromatic heterocycles. The van der Waals surface area contributed by atoms with Crippen LogP contribution in [0.1, 0.15) is 0 Å². The third-order valence-electron chi connectivity index (χ3n) is 13.5. The van der Waals surface area contributed by atoms with Crippen molar-refractivity contribution in [2.45, 2.75) is 0 Å². The molecule has 0 aliphatic heterocycles. The molecule has 0 aliphatic carbocycles. The number of fused-ring (bicyclic) bond motifs is 10. The third kappa shape index (κ3) is 5.98. The molecule has 0 saturated heterocycles. The maximum absolute atomic E-state index is 5.25. The molecule has 0 N–H and O–H groups in total. The Balaban J connectivity index is 0.908. The molecule has 0 fully saturated rings. The second-order valence-electron chi connectivity index (χ2n) is 17.4. The zero-order chi connectivity index (χ0) is 44.7. The monoisotopic (exact) mass is 866 g/mol. The van der Waals surface area contributed by atoms with Gasteiger partial charge in [0.15, 0.2) is 11.6 Å². The molecular formula is C62H38N6. The minimum Gasteiger partial charge on any atom is -0.309 e. The van der Waals surface area contributed by atoms with Gasteiger partial charge in [-0.2, -0.15) is 0 Å². The van der Waals surface area contributed by atoms with Gasteiger partial charge in [-0.05, 0) is 89.6 Å². The van der Waals surface area contributed by atoms with Gasteiger partial charge < -0.3 is 9.13 Å². The first kappa shape index (κ1) is 38.1. The number of nitrogens with zero attached hydrogens (tertiary/aromatic N) is 6. The lowest BCUT2D eigenvalue weighted by molar-refractivity contribution is 1.16. The van der Waals surface area contributed by atoms with E-state index in [1.165, 1.54) is 32.3 Å². The smallest absolute Gasteiger partial charge is 0.160 e. The Bertz CT molecular complexity index is 4320. The first-order chi connectivity index (χ1) is 33.7. The highest BCUT2D eigenvalue weighted by Crippen LogP contribution is 2.43. The molecule has 0 unspecified atom stereocenters. The van der Waals surface area contributed by atoms with E-state index in [0.29, 0.717) is 11.6 Å². The molecule has 0 atom stereocenters. The second-order valence-corrected chi connectivity index (χ2v) is 17.4. The first-order valence-electron chi connectivity index (χ1n) is 23.0. The average Bonchev–Trinajstić information content (AvgIpc) is 3.93. The Hall–Kier alpha value is -9.26. The summed E-state index contributed by atoms with van der Waals surface area (Å²) in [7, 11) is 0. The number of benzene rings is 10. The van der Waals surface area contributed by atoms with Gasteiger partial charge in [-0.25, -0.2) is 19.9 Å². The van der Waals surface area contributed by atoms with Crippen LogP contribution < -0.4 is 0 Å². The molecule has 14 aromatic rings. The molecule has 4 heterocycles. The molecule has 68 heavy (non-hydrogen) atoms. The van der Waals surface area contributed by atoms with E-state index >= 15 is 0 Å². The largest absolute Gasteiger partial charge is 0.309 e. The molecule has 6 heteroatoms. The van der Waals surface area contributed by atoms with Crippen molar-refractivity contribution in [3.05, 3.63) is 231 Å². The maximum Gasteiger partial charge on any atom is 0.160 e. The fraction of sp³-hybridized carbons (Fsp3) is 0. The summed E-state index contributed by atoms with van der Waals surface area (Å²) in [4.78, 5) is 20.7. The normalized spacial score (nSPS) is 11.8. The van der Waals surface area contributed by atoms with Gasteiger partial charge in [-0.15, -0.1) is 0 Å². The molecule has 0 bridgehead atoms. The molecule has 6 nitrogen and oxygen atoms in total. The summed E-state index contributed by atoms with van der Waals surface area (Å²) >= 11 is 0. The zero-order valence-corrected chi connectivity index (χ0v) is 36.6. The molecule has 316 valence electrons. The zero-order valence-electron chi connectivity index (χ0n) is 36.6. The van der Waals surface area contributed by atoms with Crippen LogP contribution in [0.25, 0.3) is 133 Å². The maximum atomic E-state index is 5.25. The molecule has 0 aliphatic rings. The summed E-state index contributed by atoms with van der Waals surface area (Å²) in [5.41, 5.74) is 14.4. The number of rotatable bonds is 6. The number of para-hydroxylation sites is 4. The van der Waals surface area contributed by atoms with Crippen LogP contribution in [0, 0.1) is 0 Å². The van der Waals surface area contributed by atoms with Crippen LogP contribution in [0.5, 0.6) is 0 Å². The Kier molecular flexibility index (Phi) is 8.48. The number of aromatic nitrogens is 6. The van der Waals surface area contributed by atoms with Crippen molar-refractivity contribution in [2.75, 3.05) is 0 Å². The SMILES string of the molecule is c1ccc(-c2nc(-c3cccc(-n4c5ccccc5c5c6c7ccccc7n(-c7ccc(-c8nc(-c9ccc%10ccccc%10c9)c9ccccc9n8)cc7)c6ccc54)c3)nc3ccccc23)cc1. The molecule has 10 aromatic carbocycles. The van der Waals surface area contributed by atoms with Gasteiger partial charge >= 0.3 is 0 Å². The highest BCUT2D eigenvalue weighted by atomic mass is 15.0. The summed E-state index contributed by atoms with van der Waals surface area (Å²) < 4.78 is 4.78. The van der Waals surface area contributed by atoms with Gasteiger partial charge in [0, 0.05) is 65.9 Å². The summed E-state index contributed by atoms with van der Waals surface area (Å²) in [6.07, 6.45) is 0. The number of hydrogen-bond donors (Lipinski definition) is 0. The molecule has 0 radical (unpaired) electrons. The van der Waals surface area contributed by atoms with E-state index in [2.05, 4.69) is 221 Å². The summed E-state index contributed by atoms with van der Waals surface area (Å²) in [6.45, 7) is 0. The summed E-state index contributed by atoms with van der Waals surface area (Å²) in [5, 5.41) is 9.29. The van der Waals surface area contributed by atoms with Crippen molar-refractivity contribution in [3.8, 4) is 56.7 Å². The van der Waals surface area contributed by atoms with E-state index in [4.69, 9.17) is 19.9 Å². The Labute approximate surface area is 390 Å². The lowest BCUT2D eigenvalue weighted by Gasteiger charge is -2.12. The lowest BCUT2D eigenvalue weighted by atomic mass is 10.0. The van der Waals surface area contributed by atoms with Crippen LogP contribution in [0.15, 0.2) is 231 Å². The van der Waals surface area contributed by atoms with Gasteiger partial charge in [0.1, 0.15) is 0 Å². The molecule has 0 saturated carbocycles. The van der Waals surface area contributed by atoms with Crippen LogP contribution >= 0.6 is 0 Å². The standard InChI is InChI=1S/C62H38N6/c1-2-16-40(17-3-1)59-47-21-6-10-25-51(47)64-62(65-59)44-19-14-20-46(38-44)68-54-28-13-9-24-50(54)58-56(68)36-35-55-57(58)49-23-8-12-27-53(49)67(55)45-33-31-41(32-34-45)61-63-52-26-11-7-22-48(52)60(66-61)43-30-29-39-15-4-5-18-42(39)37-43/h1-38H. The van der Waals surface area contributed by atoms with Crippen LogP contribution in [0.2, 0.25) is 0 Å². The summed E-state index contributed by atoms with van der Waals surface area (Å²) in [5.74, 6) is 1.39. The second kappa shape index (κ2) is 15.2. The molecule has 0 spiro atoms. The first-order valence-corrected chi connectivity index (χ1v) is 23.0. The Morgan fingerprint density at radius 1 is 0.265 bits per heavy atom. The van der Waals surface area contributed by atoms with Crippen LogP contribution in [-0.4, -0.2) is 29.1 Å². The predicted octanol–water partition coefficient (Wildman–Crippen LogP) is 15.6. The van der Waals surface area contributed by atoms with E-state index < -0.39 is 0 Å². The number of hydrogen-bond acceptors (Lipinski definition) is 4. The highest BCUT2D eigenvalue weighted by Gasteiger charge is 2.22. The predicted molar refractivity (Wildman–Crippen MR) is 281 cm³/mol. The van der Waals surface area contributed by atoms with Crippen LogP contribution in [-0.2, 0) is 0 Å².